The Kier molecular flexibility index (Phi) is 5.06. The van der Waals surface area contributed by atoms with Crippen LogP contribution in [0, 0.1) is 0 Å². The molecule has 1 aliphatic rings. The van der Waals surface area contributed by atoms with E-state index in [0.717, 1.165) is 29.8 Å². The molecule has 142 valence electrons. The summed E-state index contributed by atoms with van der Waals surface area (Å²) in [7, 11) is 0. The van der Waals surface area contributed by atoms with Gasteiger partial charge in [-0.1, -0.05) is 55.5 Å². The lowest BCUT2D eigenvalue weighted by molar-refractivity contribution is -0.119. The van der Waals surface area contributed by atoms with Gasteiger partial charge in [0.05, 0.1) is 0 Å². The predicted octanol–water partition coefficient (Wildman–Crippen LogP) is 3.45. The molecule has 4 rings (SSSR count). The van der Waals surface area contributed by atoms with Crippen molar-refractivity contribution in [1.82, 2.24) is 9.55 Å². The molecule has 0 spiro atoms. The summed E-state index contributed by atoms with van der Waals surface area (Å²) in [6.07, 6.45) is 2.57. The van der Waals surface area contributed by atoms with Gasteiger partial charge in [-0.2, -0.15) is 0 Å². The van der Waals surface area contributed by atoms with E-state index in [0.29, 0.717) is 18.8 Å². The number of para-hydroxylation sites is 1. The molecule has 3 aromatic rings. The molecule has 1 aromatic heterocycles. The number of hydrogen-bond acceptors (Lipinski definition) is 3. The average molecular weight is 373 g/mol. The fraction of sp³-hybridized carbons (Fsp3) is 0.261. The fourth-order valence-electron chi connectivity index (χ4n) is 3.71. The normalized spacial score (nSPS) is 13.2. The standard InChI is InChI=1S/C23H23N3O2/c1-2-19-15-21(27)26(23(24-19)18-10-4-3-5-11-18)16-22(28)25-14-8-12-17-9-6-7-13-20(17)25/h3-7,9-11,13,15H,2,8,12,14,16H2,1H3. The Morgan fingerprint density at radius 3 is 2.61 bits per heavy atom. The number of aromatic nitrogens is 2. The third-order valence-electron chi connectivity index (χ3n) is 5.16. The highest BCUT2D eigenvalue weighted by atomic mass is 16.2. The second kappa shape index (κ2) is 7.80. The SMILES string of the molecule is CCc1cc(=O)n(CC(=O)N2CCCc3ccccc32)c(-c2ccccc2)n1. The van der Waals surface area contributed by atoms with Gasteiger partial charge in [0.15, 0.2) is 0 Å². The van der Waals surface area contributed by atoms with Crippen LogP contribution in [0.15, 0.2) is 65.5 Å². The highest BCUT2D eigenvalue weighted by Gasteiger charge is 2.23. The number of hydrogen-bond donors (Lipinski definition) is 0. The molecule has 0 radical (unpaired) electrons. The third kappa shape index (κ3) is 3.48. The predicted molar refractivity (Wildman–Crippen MR) is 110 cm³/mol. The fourth-order valence-corrected chi connectivity index (χ4v) is 3.71. The van der Waals surface area contributed by atoms with Crippen LogP contribution in [0.5, 0.6) is 0 Å². The van der Waals surface area contributed by atoms with E-state index < -0.39 is 0 Å². The van der Waals surface area contributed by atoms with Gasteiger partial charge in [-0.15, -0.1) is 0 Å². The van der Waals surface area contributed by atoms with Crippen LogP contribution in [-0.2, 0) is 24.2 Å². The minimum absolute atomic E-state index is 0.0195. The smallest absolute Gasteiger partial charge is 0.254 e. The Morgan fingerprint density at radius 2 is 1.82 bits per heavy atom. The molecule has 0 unspecified atom stereocenters. The molecule has 0 aliphatic carbocycles. The van der Waals surface area contributed by atoms with Crippen LogP contribution in [0.4, 0.5) is 5.69 Å². The lowest BCUT2D eigenvalue weighted by Crippen LogP contribution is -2.40. The maximum absolute atomic E-state index is 13.2. The van der Waals surface area contributed by atoms with Crippen molar-refractivity contribution in [1.29, 1.82) is 0 Å². The summed E-state index contributed by atoms with van der Waals surface area (Å²) in [5, 5.41) is 0. The number of rotatable bonds is 4. The summed E-state index contributed by atoms with van der Waals surface area (Å²) in [6.45, 7) is 2.62. The number of amides is 1. The number of aryl methyl sites for hydroxylation is 2. The molecular weight excluding hydrogens is 350 g/mol. The minimum atomic E-state index is -0.190. The molecule has 28 heavy (non-hydrogen) atoms. The minimum Gasteiger partial charge on any atom is -0.311 e. The molecule has 2 aromatic carbocycles. The highest BCUT2D eigenvalue weighted by Crippen LogP contribution is 2.27. The number of nitrogens with zero attached hydrogens (tertiary/aromatic N) is 3. The van der Waals surface area contributed by atoms with Gasteiger partial charge < -0.3 is 4.90 Å². The third-order valence-corrected chi connectivity index (χ3v) is 5.16. The van der Waals surface area contributed by atoms with E-state index in [1.807, 2.05) is 55.5 Å². The second-order valence-electron chi connectivity index (χ2n) is 6.99. The molecule has 1 amide bonds. The largest absolute Gasteiger partial charge is 0.311 e. The monoisotopic (exact) mass is 373 g/mol. The van der Waals surface area contributed by atoms with E-state index in [2.05, 4.69) is 11.1 Å². The Labute approximate surface area is 164 Å². The lowest BCUT2D eigenvalue weighted by atomic mass is 10.0. The first kappa shape index (κ1) is 18.2. The number of fused-ring (bicyclic) bond motifs is 1. The van der Waals surface area contributed by atoms with Gasteiger partial charge in [0.1, 0.15) is 12.4 Å². The van der Waals surface area contributed by atoms with E-state index in [-0.39, 0.29) is 18.0 Å². The summed E-state index contributed by atoms with van der Waals surface area (Å²) in [4.78, 5) is 32.4. The number of anilines is 1. The van der Waals surface area contributed by atoms with Gasteiger partial charge in [-0.25, -0.2) is 4.98 Å². The Morgan fingerprint density at radius 1 is 1.07 bits per heavy atom. The van der Waals surface area contributed by atoms with Gasteiger partial charge >= 0.3 is 0 Å². The van der Waals surface area contributed by atoms with Crippen molar-refractivity contribution in [2.24, 2.45) is 0 Å². The van der Waals surface area contributed by atoms with E-state index in [1.54, 1.807) is 4.90 Å². The molecule has 0 fully saturated rings. The van der Waals surface area contributed by atoms with Crippen molar-refractivity contribution < 1.29 is 4.79 Å². The van der Waals surface area contributed by atoms with Crippen LogP contribution in [0.2, 0.25) is 0 Å². The topological polar surface area (TPSA) is 55.2 Å². The van der Waals surface area contributed by atoms with E-state index in [1.165, 1.54) is 16.2 Å². The van der Waals surface area contributed by atoms with Crippen molar-refractivity contribution in [3.63, 3.8) is 0 Å². The maximum atomic E-state index is 13.2. The average Bonchev–Trinajstić information content (AvgIpc) is 2.75. The van der Waals surface area contributed by atoms with Crippen LogP contribution >= 0.6 is 0 Å². The molecule has 5 nitrogen and oxygen atoms in total. The van der Waals surface area contributed by atoms with Crippen molar-refractivity contribution in [2.45, 2.75) is 32.7 Å². The molecule has 1 aliphatic heterocycles. The van der Waals surface area contributed by atoms with Gasteiger partial charge in [0, 0.05) is 29.6 Å². The van der Waals surface area contributed by atoms with Crippen LogP contribution in [0.1, 0.15) is 24.6 Å². The van der Waals surface area contributed by atoms with Crippen molar-refractivity contribution in [3.05, 3.63) is 82.3 Å². The number of benzene rings is 2. The van der Waals surface area contributed by atoms with Crippen molar-refractivity contribution >= 4 is 11.6 Å². The molecule has 5 heteroatoms. The Hall–Kier alpha value is -3.21. The maximum Gasteiger partial charge on any atom is 0.254 e. The Balaban J connectivity index is 1.73. The molecule has 0 bridgehead atoms. The first-order valence-electron chi connectivity index (χ1n) is 9.72. The summed E-state index contributed by atoms with van der Waals surface area (Å²) < 4.78 is 1.49. The second-order valence-corrected chi connectivity index (χ2v) is 6.99. The van der Waals surface area contributed by atoms with Crippen LogP contribution < -0.4 is 10.5 Å². The zero-order valence-electron chi connectivity index (χ0n) is 16.0. The summed E-state index contributed by atoms with van der Waals surface area (Å²) >= 11 is 0. The summed E-state index contributed by atoms with van der Waals surface area (Å²) in [6, 6.07) is 19.1. The number of carbonyl (C=O) groups is 1. The molecule has 0 saturated heterocycles. The lowest BCUT2D eigenvalue weighted by Gasteiger charge is -2.30. The summed E-state index contributed by atoms with van der Waals surface area (Å²) in [5.41, 5.74) is 3.50. The zero-order valence-corrected chi connectivity index (χ0v) is 16.0. The molecule has 0 N–H and O–H groups in total. The quantitative estimate of drug-likeness (QED) is 0.704. The van der Waals surface area contributed by atoms with Crippen LogP contribution in [0.3, 0.4) is 0 Å². The van der Waals surface area contributed by atoms with Gasteiger partial charge in [-0.3, -0.25) is 14.2 Å². The van der Waals surface area contributed by atoms with Gasteiger partial charge in [0.25, 0.3) is 5.56 Å². The molecule has 0 saturated carbocycles. The highest BCUT2D eigenvalue weighted by molar-refractivity contribution is 5.94. The molecule has 0 atom stereocenters. The van der Waals surface area contributed by atoms with Crippen molar-refractivity contribution in [2.75, 3.05) is 11.4 Å². The summed E-state index contributed by atoms with van der Waals surface area (Å²) in [5.74, 6) is 0.459. The van der Waals surface area contributed by atoms with Crippen LogP contribution in [0.25, 0.3) is 11.4 Å². The van der Waals surface area contributed by atoms with Crippen LogP contribution in [-0.4, -0.2) is 22.0 Å². The first-order valence-corrected chi connectivity index (χ1v) is 9.72. The van der Waals surface area contributed by atoms with Gasteiger partial charge in [-0.05, 0) is 30.9 Å². The van der Waals surface area contributed by atoms with Gasteiger partial charge in [0.2, 0.25) is 5.91 Å². The zero-order chi connectivity index (χ0) is 19.5. The molecular formula is C23H23N3O2. The Bertz CT molecular complexity index is 1060. The van der Waals surface area contributed by atoms with E-state index in [9.17, 15) is 9.59 Å². The number of carbonyl (C=O) groups excluding carboxylic acids is 1. The molecule has 2 heterocycles. The first-order chi connectivity index (χ1) is 13.7. The van der Waals surface area contributed by atoms with E-state index in [4.69, 9.17) is 0 Å². The van der Waals surface area contributed by atoms with E-state index >= 15 is 0 Å². The van der Waals surface area contributed by atoms with Crippen molar-refractivity contribution in [3.8, 4) is 11.4 Å².